The molecule has 6 rings (SSSR count). The molecule has 1 N–H and O–H groups in total. The molecule has 2 fully saturated rings. The van der Waals surface area contributed by atoms with E-state index in [1.807, 2.05) is 55.5 Å². The molecule has 5 heterocycles. The van der Waals surface area contributed by atoms with E-state index in [9.17, 15) is 19.5 Å². The number of likely N-dealkylation sites (tertiary alicyclic amines) is 1. The lowest BCUT2D eigenvalue weighted by molar-refractivity contribution is -0.161. The van der Waals surface area contributed by atoms with Crippen LogP contribution in [0.25, 0.3) is 11.0 Å². The Labute approximate surface area is 238 Å². The molecule has 0 bridgehead atoms. The van der Waals surface area contributed by atoms with E-state index >= 15 is 0 Å². The second-order valence-corrected chi connectivity index (χ2v) is 11.3. The monoisotopic (exact) mass is 563 g/mol. The molecule has 0 radical (unpaired) electrons. The maximum Gasteiger partial charge on any atom is 0.313 e. The number of aliphatic hydroxyl groups excluding tert-OH is 1. The number of aromatic nitrogens is 3. The van der Waals surface area contributed by atoms with Crippen molar-refractivity contribution in [2.45, 2.75) is 69.4 Å². The SMILES string of the molecule is CC[C@]12/C=C\CCCCOC(=O)[C@H]1[C@H]1C(=O)N(CCCCO)C3C(=O)N(Cn4nnc5ccccc54)CC=C[C@@]31O2. The largest absolute Gasteiger partial charge is 0.465 e. The summed E-state index contributed by atoms with van der Waals surface area (Å²) < 4.78 is 14.4. The number of cyclic esters (lactones) is 1. The Hall–Kier alpha value is -3.57. The molecule has 1 unspecified atom stereocenters. The Morgan fingerprint density at radius 3 is 2.73 bits per heavy atom. The van der Waals surface area contributed by atoms with Crippen LogP contribution in [-0.4, -0.2) is 91.2 Å². The number of carbonyl (C=O) groups is 3. The van der Waals surface area contributed by atoms with E-state index in [0.717, 1.165) is 30.3 Å². The summed E-state index contributed by atoms with van der Waals surface area (Å²) in [6, 6.07) is 6.56. The maximum atomic E-state index is 14.5. The van der Waals surface area contributed by atoms with E-state index in [-0.39, 0.29) is 44.8 Å². The number of unbranched alkanes of at least 4 members (excludes halogenated alkanes) is 1. The Morgan fingerprint density at radius 1 is 1.05 bits per heavy atom. The Bertz CT molecular complexity index is 1390. The molecule has 4 aliphatic rings. The van der Waals surface area contributed by atoms with Crippen molar-refractivity contribution < 1.29 is 29.0 Å². The Kier molecular flexibility index (Phi) is 7.41. The van der Waals surface area contributed by atoms with Crippen LogP contribution in [0.15, 0.2) is 48.6 Å². The third-order valence-corrected chi connectivity index (χ3v) is 9.00. The van der Waals surface area contributed by atoms with Crippen LogP contribution < -0.4 is 0 Å². The zero-order valence-electron chi connectivity index (χ0n) is 23.4. The fourth-order valence-corrected chi connectivity index (χ4v) is 7.03. The molecule has 4 aliphatic heterocycles. The van der Waals surface area contributed by atoms with Gasteiger partial charge in [0, 0.05) is 19.7 Å². The summed E-state index contributed by atoms with van der Waals surface area (Å²) in [5.74, 6) is -2.82. The first-order chi connectivity index (χ1) is 20.0. The number of para-hydroxylation sites is 1. The molecular weight excluding hydrogens is 526 g/mol. The number of allylic oxidation sites excluding steroid dienone is 1. The van der Waals surface area contributed by atoms with Gasteiger partial charge in [0.05, 0.1) is 18.0 Å². The summed E-state index contributed by atoms with van der Waals surface area (Å²) in [7, 11) is 0. The maximum absolute atomic E-state index is 14.5. The summed E-state index contributed by atoms with van der Waals surface area (Å²) in [6.07, 6.45) is 11.6. The fourth-order valence-electron chi connectivity index (χ4n) is 7.03. The first kappa shape index (κ1) is 27.6. The van der Waals surface area contributed by atoms with Gasteiger partial charge in [-0.15, -0.1) is 5.10 Å². The summed E-state index contributed by atoms with van der Waals surface area (Å²) in [6.45, 7) is 2.90. The zero-order chi connectivity index (χ0) is 28.6. The van der Waals surface area contributed by atoms with Gasteiger partial charge in [0.15, 0.2) is 0 Å². The highest BCUT2D eigenvalue weighted by Crippen LogP contribution is 2.58. The second-order valence-electron chi connectivity index (χ2n) is 11.3. The second kappa shape index (κ2) is 11.0. The lowest BCUT2D eigenvalue weighted by Crippen LogP contribution is -2.56. The molecule has 218 valence electrons. The van der Waals surface area contributed by atoms with E-state index < -0.39 is 35.0 Å². The van der Waals surface area contributed by atoms with E-state index in [4.69, 9.17) is 9.47 Å². The molecule has 0 saturated carbocycles. The van der Waals surface area contributed by atoms with E-state index in [1.54, 1.807) is 14.5 Å². The van der Waals surface area contributed by atoms with E-state index in [2.05, 4.69) is 10.3 Å². The van der Waals surface area contributed by atoms with Crippen LogP contribution in [0, 0.1) is 11.8 Å². The van der Waals surface area contributed by atoms with E-state index in [0.29, 0.717) is 19.3 Å². The number of benzene rings is 1. The zero-order valence-corrected chi connectivity index (χ0v) is 23.4. The van der Waals surface area contributed by atoms with Crippen LogP contribution in [0.5, 0.6) is 0 Å². The van der Waals surface area contributed by atoms with Gasteiger partial charge in [0.1, 0.15) is 35.3 Å². The average Bonchev–Trinajstić information content (AvgIpc) is 3.55. The first-order valence-corrected chi connectivity index (χ1v) is 14.7. The summed E-state index contributed by atoms with van der Waals surface area (Å²) in [4.78, 5) is 45.8. The third kappa shape index (κ3) is 4.46. The number of hydrogen-bond acceptors (Lipinski definition) is 8. The predicted octanol–water partition coefficient (Wildman–Crippen LogP) is 2.20. The molecule has 2 aromatic rings. The molecule has 11 heteroatoms. The van der Waals surface area contributed by atoms with Crippen molar-refractivity contribution in [2.75, 3.05) is 26.3 Å². The minimum Gasteiger partial charge on any atom is -0.465 e. The fraction of sp³-hybridized carbons (Fsp3) is 0.567. The van der Waals surface area contributed by atoms with Crippen LogP contribution in [0.3, 0.4) is 0 Å². The van der Waals surface area contributed by atoms with Gasteiger partial charge in [-0.05, 0) is 50.7 Å². The summed E-state index contributed by atoms with van der Waals surface area (Å²) in [5.41, 5.74) is -0.901. The Morgan fingerprint density at radius 2 is 1.90 bits per heavy atom. The van der Waals surface area contributed by atoms with Crippen molar-refractivity contribution in [2.24, 2.45) is 11.8 Å². The van der Waals surface area contributed by atoms with Crippen LogP contribution >= 0.6 is 0 Å². The van der Waals surface area contributed by atoms with Gasteiger partial charge >= 0.3 is 5.97 Å². The minimum atomic E-state index is -1.34. The minimum absolute atomic E-state index is 0.0180. The van der Waals surface area contributed by atoms with Crippen molar-refractivity contribution >= 4 is 28.8 Å². The first-order valence-electron chi connectivity index (χ1n) is 14.7. The van der Waals surface area contributed by atoms with Crippen molar-refractivity contribution in [3.63, 3.8) is 0 Å². The van der Waals surface area contributed by atoms with Crippen LogP contribution in [0.4, 0.5) is 0 Å². The van der Waals surface area contributed by atoms with Crippen LogP contribution in [-0.2, 0) is 30.5 Å². The smallest absolute Gasteiger partial charge is 0.313 e. The van der Waals surface area contributed by atoms with Gasteiger partial charge in [0.2, 0.25) is 5.91 Å². The number of fused-ring (bicyclic) bond motifs is 3. The topological polar surface area (TPSA) is 127 Å². The highest BCUT2D eigenvalue weighted by molar-refractivity contribution is 5.99. The van der Waals surface area contributed by atoms with Crippen LogP contribution in [0.1, 0.15) is 45.4 Å². The van der Waals surface area contributed by atoms with Gasteiger partial charge in [-0.25, -0.2) is 4.68 Å². The number of rotatable bonds is 7. The standard InChI is InChI=1S/C30H37N5O6/c1-2-29-14-7-3-4-10-19-40-28(39)24(29)23-26(37)34(17-8-9-18-36)25-27(38)33(16-11-15-30(23,25)41-29)20-35-22-13-6-5-12-21(22)31-32-35/h5-7,11-15,23-25,36H,2-4,8-10,16-20H2,1H3/b14-7-/t23-,24+,25?,29-,30-/m0/s1. The number of aliphatic hydroxyl groups is 1. The molecule has 5 atom stereocenters. The van der Waals surface area contributed by atoms with E-state index in [1.165, 1.54) is 0 Å². The lowest BCUT2D eigenvalue weighted by Gasteiger charge is -2.38. The molecular formula is C30H37N5O6. The molecule has 2 saturated heterocycles. The van der Waals surface area contributed by atoms with Gasteiger partial charge < -0.3 is 24.4 Å². The van der Waals surface area contributed by atoms with Gasteiger partial charge in [-0.3, -0.25) is 14.4 Å². The molecule has 41 heavy (non-hydrogen) atoms. The number of carbonyl (C=O) groups excluding carboxylic acids is 3. The van der Waals surface area contributed by atoms with Crippen molar-refractivity contribution in [1.82, 2.24) is 24.8 Å². The molecule has 1 spiro atoms. The van der Waals surface area contributed by atoms with Gasteiger partial charge in [-0.2, -0.15) is 0 Å². The molecule has 2 amide bonds. The van der Waals surface area contributed by atoms with Gasteiger partial charge in [-0.1, -0.05) is 48.6 Å². The number of esters is 1. The molecule has 0 aliphatic carbocycles. The normalized spacial score (nSPS) is 32.4. The quantitative estimate of drug-likeness (QED) is 0.309. The van der Waals surface area contributed by atoms with Crippen LogP contribution in [0.2, 0.25) is 0 Å². The van der Waals surface area contributed by atoms with Crippen molar-refractivity contribution in [1.29, 1.82) is 0 Å². The lowest BCUT2D eigenvalue weighted by atomic mass is 9.73. The molecule has 11 nitrogen and oxygen atoms in total. The van der Waals surface area contributed by atoms with Crippen molar-refractivity contribution in [3.05, 3.63) is 48.6 Å². The molecule has 1 aromatic heterocycles. The summed E-state index contributed by atoms with van der Waals surface area (Å²) in [5, 5.41) is 17.9. The highest BCUT2D eigenvalue weighted by Gasteiger charge is 2.75. The number of ether oxygens (including phenoxy) is 2. The third-order valence-electron chi connectivity index (χ3n) is 9.00. The van der Waals surface area contributed by atoms with Gasteiger partial charge in [0.25, 0.3) is 5.91 Å². The summed E-state index contributed by atoms with van der Waals surface area (Å²) >= 11 is 0. The predicted molar refractivity (Wildman–Crippen MR) is 148 cm³/mol. The Balaban J connectivity index is 1.42. The molecule has 1 aromatic carbocycles. The highest BCUT2D eigenvalue weighted by atomic mass is 16.6. The van der Waals surface area contributed by atoms with Crippen molar-refractivity contribution in [3.8, 4) is 0 Å². The number of nitrogens with zero attached hydrogens (tertiary/aromatic N) is 5. The average molecular weight is 564 g/mol. The number of amides is 2. The number of hydrogen-bond donors (Lipinski definition) is 1.